The number of hydrogen-bond donors (Lipinski definition) is 1. The van der Waals surface area contributed by atoms with Crippen LogP contribution in [0.4, 0.5) is 5.69 Å². The maximum Gasteiger partial charge on any atom is 0.340 e. The topological polar surface area (TPSA) is 78.1 Å². The van der Waals surface area contributed by atoms with Crippen LogP contribution in [0.15, 0.2) is 35.1 Å². The lowest BCUT2D eigenvalue weighted by atomic mass is 10.2. The molecule has 2 aromatic heterocycles. The van der Waals surface area contributed by atoms with E-state index in [0.717, 1.165) is 4.47 Å². The smallest absolute Gasteiger partial charge is 0.340 e. The zero-order valence-electron chi connectivity index (χ0n) is 10.3. The highest BCUT2D eigenvalue weighted by Gasteiger charge is 2.12. The van der Waals surface area contributed by atoms with Crippen molar-refractivity contribution >= 4 is 27.6 Å². The van der Waals surface area contributed by atoms with E-state index < -0.39 is 5.97 Å². The molecule has 0 bridgehead atoms. The summed E-state index contributed by atoms with van der Waals surface area (Å²) in [7, 11) is 0. The lowest BCUT2D eigenvalue weighted by Gasteiger charge is -2.07. The van der Waals surface area contributed by atoms with Crippen molar-refractivity contribution in [2.24, 2.45) is 0 Å². The number of rotatable bonds is 3. The van der Waals surface area contributed by atoms with Crippen molar-refractivity contribution in [1.82, 2.24) is 9.97 Å². The summed E-state index contributed by atoms with van der Waals surface area (Å²) in [4.78, 5) is 20.0. The van der Waals surface area contributed by atoms with Crippen LogP contribution >= 0.6 is 15.9 Å². The number of nitrogen functional groups attached to an aromatic ring is 1. The number of carbonyl (C=O) groups is 1. The average Bonchev–Trinajstić information content (AvgIpc) is 2.40. The molecule has 0 spiro atoms. The second-order valence-electron chi connectivity index (χ2n) is 3.95. The highest BCUT2D eigenvalue weighted by molar-refractivity contribution is 9.10. The number of aromatic nitrogens is 2. The fourth-order valence-corrected chi connectivity index (χ4v) is 1.70. The first kappa shape index (κ1) is 13.5. The number of esters is 1. The number of hydrogen-bond acceptors (Lipinski definition) is 5. The Labute approximate surface area is 119 Å². The van der Waals surface area contributed by atoms with E-state index in [9.17, 15) is 4.79 Å². The Kier molecular flexibility index (Phi) is 4.11. The quantitative estimate of drug-likeness (QED) is 0.879. The molecule has 0 atom stereocenters. The van der Waals surface area contributed by atoms with Gasteiger partial charge in [-0.25, -0.2) is 4.79 Å². The lowest BCUT2D eigenvalue weighted by Crippen LogP contribution is -2.09. The fraction of sp³-hybridized carbons (Fsp3) is 0.154. The van der Waals surface area contributed by atoms with E-state index in [2.05, 4.69) is 25.9 Å². The number of ether oxygens (including phenoxy) is 1. The molecule has 0 fully saturated rings. The van der Waals surface area contributed by atoms with E-state index >= 15 is 0 Å². The van der Waals surface area contributed by atoms with E-state index in [1.807, 2.05) is 6.07 Å². The molecule has 0 unspecified atom stereocenters. The Morgan fingerprint density at radius 2 is 2.16 bits per heavy atom. The van der Waals surface area contributed by atoms with Gasteiger partial charge in [0, 0.05) is 10.7 Å². The monoisotopic (exact) mass is 321 g/mol. The summed E-state index contributed by atoms with van der Waals surface area (Å²) >= 11 is 3.29. The minimum absolute atomic E-state index is 0.111. The molecule has 0 aliphatic heterocycles. The SMILES string of the molecule is Cc1ncc(N)cc1C(=O)OCc1ccc(Br)cn1. The van der Waals surface area contributed by atoms with Crippen molar-refractivity contribution in [3.63, 3.8) is 0 Å². The van der Waals surface area contributed by atoms with Crippen LogP contribution in [-0.4, -0.2) is 15.9 Å². The van der Waals surface area contributed by atoms with Crippen LogP contribution in [0.25, 0.3) is 0 Å². The minimum Gasteiger partial charge on any atom is -0.456 e. The number of nitrogens with two attached hydrogens (primary N) is 1. The molecule has 6 heteroatoms. The summed E-state index contributed by atoms with van der Waals surface area (Å²) in [6, 6.07) is 5.17. The third kappa shape index (κ3) is 3.51. The first-order valence-electron chi connectivity index (χ1n) is 5.56. The van der Waals surface area contributed by atoms with Gasteiger partial charge in [-0.2, -0.15) is 0 Å². The van der Waals surface area contributed by atoms with Gasteiger partial charge in [0.25, 0.3) is 0 Å². The predicted molar refractivity (Wildman–Crippen MR) is 74.4 cm³/mol. The van der Waals surface area contributed by atoms with Crippen LogP contribution in [-0.2, 0) is 11.3 Å². The molecule has 5 nitrogen and oxygen atoms in total. The van der Waals surface area contributed by atoms with Crippen LogP contribution < -0.4 is 5.73 Å². The van der Waals surface area contributed by atoms with Gasteiger partial charge < -0.3 is 10.5 Å². The number of aryl methyl sites for hydroxylation is 1. The summed E-state index contributed by atoms with van der Waals surface area (Å²) in [6.45, 7) is 1.84. The molecule has 19 heavy (non-hydrogen) atoms. The van der Waals surface area contributed by atoms with Crippen molar-refractivity contribution in [3.05, 3.63) is 52.0 Å². The second-order valence-corrected chi connectivity index (χ2v) is 4.86. The summed E-state index contributed by atoms with van der Waals surface area (Å²) in [6.07, 6.45) is 3.15. The molecular weight excluding hydrogens is 310 g/mol. The van der Waals surface area contributed by atoms with Crippen LogP contribution in [0.3, 0.4) is 0 Å². The van der Waals surface area contributed by atoms with Crippen LogP contribution in [0.5, 0.6) is 0 Å². The van der Waals surface area contributed by atoms with Gasteiger partial charge in [0.1, 0.15) is 6.61 Å². The Bertz CT molecular complexity index is 599. The first-order valence-corrected chi connectivity index (χ1v) is 6.35. The van der Waals surface area contributed by atoms with Crippen molar-refractivity contribution in [3.8, 4) is 0 Å². The van der Waals surface area contributed by atoms with Gasteiger partial charge in [0.15, 0.2) is 0 Å². The summed E-state index contributed by atoms with van der Waals surface area (Å²) in [5.41, 5.74) is 7.66. The minimum atomic E-state index is -0.456. The Balaban J connectivity index is 2.05. The lowest BCUT2D eigenvalue weighted by molar-refractivity contribution is 0.0466. The van der Waals surface area contributed by atoms with Gasteiger partial charge in [0.05, 0.1) is 28.8 Å². The molecule has 0 aliphatic rings. The number of halogens is 1. The van der Waals surface area contributed by atoms with E-state index in [0.29, 0.717) is 22.6 Å². The molecule has 0 radical (unpaired) electrons. The van der Waals surface area contributed by atoms with Crippen LogP contribution in [0.1, 0.15) is 21.7 Å². The third-order valence-corrected chi connectivity index (χ3v) is 2.94. The summed E-state index contributed by atoms with van der Waals surface area (Å²) in [5.74, 6) is -0.456. The van der Waals surface area contributed by atoms with Crippen molar-refractivity contribution in [2.45, 2.75) is 13.5 Å². The van der Waals surface area contributed by atoms with Gasteiger partial charge in [-0.15, -0.1) is 0 Å². The largest absolute Gasteiger partial charge is 0.456 e. The molecule has 0 amide bonds. The normalized spacial score (nSPS) is 10.2. The zero-order valence-corrected chi connectivity index (χ0v) is 11.8. The van der Waals surface area contributed by atoms with E-state index in [1.165, 1.54) is 6.20 Å². The third-order valence-electron chi connectivity index (χ3n) is 2.47. The highest BCUT2D eigenvalue weighted by atomic mass is 79.9. The van der Waals surface area contributed by atoms with E-state index in [1.54, 1.807) is 25.3 Å². The number of pyridine rings is 2. The fourth-order valence-electron chi connectivity index (χ4n) is 1.46. The Morgan fingerprint density at radius 3 is 2.84 bits per heavy atom. The van der Waals surface area contributed by atoms with Crippen LogP contribution in [0.2, 0.25) is 0 Å². The first-order chi connectivity index (χ1) is 9.06. The average molecular weight is 322 g/mol. The van der Waals surface area contributed by atoms with Crippen molar-refractivity contribution in [1.29, 1.82) is 0 Å². The molecule has 2 rings (SSSR count). The molecule has 0 aromatic carbocycles. The van der Waals surface area contributed by atoms with Gasteiger partial charge in [-0.3, -0.25) is 9.97 Å². The van der Waals surface area contributed by atoms with E-state index in [4.69, 9.17) is 10.5 Å². The Hall–Kier alpha value is -1.95. The van der Waals surface area contributed by atoms with Crippen molar-refractivity contribution < 1.29 is 9.53 Å². The summed E-state index contributed by atoms with van der Waals surface area (Å²) < 4.78 is 6.05. The molecule has 98 valence electrons. The molecule has 2 aromatic rings. The highest BCUT2D eigenvalue weighted by Crippen LogP contribution is 2.13. The van der Waals surface area contributed by atoms with Gasteiger partial charge in [-0.05, 0) is 41.1 Å². The van der Waals surface area contributed by atoms with Crippen LogP contribution in [0, 0.1) is 6.92 Å². The van der Waals surface area contributed by atoms with Gasteiger partial charge in [-0.1, -0.05) is 0 Å². The van der Waals surface area contributed by atoms with Gasteiger partial charge >= 0.3 is 5.97 Å². The predicted octanol–water partition coefficient (Wildman–Crippen LogP) is 2.49. The molecule has 0 saturated carbocycles. The van der Waals surface area contributed by atoms with Crippen molar-refractivity contribution in [2.75, 3.05) is 5.73 Å². The standard InChI is InChI=1S/C13H12BrN3O2/c1-8-12(4-10(15)6-16-8)13(18)19-7-11-3-2-9(14)5-17-11/h2-6H,7,15H2,1H3. The molecule has 0 saturated heterocycles. The Morgan fingerprint density at radius 1 is 1.37 bits per heavy atom. The zero-order chi connectivity index (χ0) is 13.8. The summed E-state index contributed by atoms with van der Waals surface area (Å²) in [5, 5.41) is 0. The van der Waals surface area contributed by atoms with E-state index in [-0.39, 0.29) is 6.61 Å². The van der Waals surface area contributed by atoms with Gasteiger partial charge in [0.2, 0.25) is 0 Å². The molecule has 2 heterocycles. The maximum atomic E-state index is 11.9. The number of anilines is 1. The maximum absolute atomic E-state index is 11.9. The number of carbonyl (C=O) groups excluding carboxylic acids is 1. The second kappa shape index (κ2) is 5.79. The molecule has 2 N–H and O–H groups in total. The number of nitrogens with zero attached hydrogens (tertiary/aromatic N) is 2. The molecule has 0 aliphatic carbocycles. The molecular formula is C13H12BrN3O2.